The second kappa shape index (κ2) is 11.9. The smallest absolute Gasteiger partial charge is 0.328 e. The number of fused-ring (bicyclic) bond motifs is 1. The van der Waals surface area contributed by atoms with Crippen LogP contribution in [-0.2, 0) is 6.54 Å². The van der Waals surface area contributed by atoms with Crippen molar-refractivity contribution < 1.29 is 18.0 Å². The molecule has 3 N–H and O–H groups in total. The number of aromatic nitrogens is 2. The molecule has 4 aromatic rings. The maximum atomic E-state index is 15.0. The summed E-state index contributed by atoms with van der Waals surface area (Å²) in [6, 6.07) is 14.3. The molecule has 0 saturated heterocycles. The number of amides is 2. The number of nitrogens with one attached hydrogen (secondary N) is 3. The van der Waals surface area contributed by atoms with Crippen LogP contribution < -0.4 is 20.9 Å². The Morgan fingerprint density at radius 3 is 2.45 bits per heavy atom. The quantitative estimate of drug-likeness (QED) is 0.218. The predicted molar refractivity (Wildman–Crippen MR) is 159 cm³/mol. The van der Waals surface area contributed by atoms with Crippen molar-refractivity contribution in [3.63, 3.8) is 0 Å². The summed E-state index contributed by atoms with van der Waals surface area (Å²) < 4.78 is 43.3. The largest absolute Gasteiger partial charge is 0.356 e. The molecule has 0 fully saturated rings. The summed E-state index contributed by atoms with van der Waals surface area (Å²) in [5, 5.41) is 9.07. The van der Waals surface area contributed by atoms with Gasteiger partial charge >= 0.3 is 6.03 Å². The minimum absolute atomic E-state index is 0.0481. The zero-order valence-corrected chi connectivity index (χ0v) is 23.4. The summed E-state index contributed by atoms with van der Waals surface area (Å²) in [5.41, 5.74) is 4.02. The molecular formula is C31H30F3N7O. The Morgan fingerprint density at radius 2 is 1.76 bits per heavy atom. The fourth-order valence-corrected chi connectivity index (χ4v) is 4.61. The van der Waals surface area contributed by atoms with E-state index in [1.165, 1.54) is 18.2 Å². The second-order valence-corrected chi connectivity index (χ2v) is 10.1. The van der Waals surface area contributed by atoms with Crippen LogP contribution in [0.1, 0.15) is 16.7 Å². The minimum Gasteiger partial charge on any atom is -0.356 e. The summed E-state index contributed by atoms with van der Waals surface area (Å²) in [7, 11) is 3.85. The first-order valence-corrected chi connectivity index (χ1v) is 13.3. The van der Waals surface area contributed by atoms with E-state index in [1.807, 2.05) is 44.1 Å². The highest BCUT2D eigenvalue weighted by molar-refractivity contribution is 6.02. The normalized spacial score (nSPS) is 12.6. The number of rotatable bonds is 9. The Hall–Kier alpha value is -4.90. The number of urea groups is 1. The van der Waals surface area contributed by atoms with Crippen molar-refractivity contribution in [3.8, 4) is 11.3 Å². The van der Waals surface area contributed by atoms with E-state index >= 15 is 0 Å². The molecule has 0 saturated carbocycles. The summed E-state index contributed by atoms with van der Waals surface area (Å²) in [6.45, 7) is 7.27. The molecule has 8 nitrogen and oxygen atoms in total. The van der Waals surface area contributed by atoms with Gasteiger partial charge in [0.1, 0.15) is 23.1 Å². The van der Waals surface area contributed by atoms with Gasteiger partial charge in [-0.3, -0.25) is 0 Å². The van der Waals surface area contributed by atoms with Gasteiger partial charge in [0.25, 0.3) is 0 Å². The third-order valence-corrected chi connectivity index (χ3v) is 6.80. The van der Waals surface area contributed by atoms with Gasteiger partial charge in [0.2, 0.25) is 5.95 Å². The number of carbonyl (C=O) groups excluding carboxylic acids is 1. The van der Waals surface area contributed by atoms with Crippen LogP contribution in [0.15, 0.2) is 67.2 Å². The molecule has 0 radical (unpaired) electrons. The van der Waals surface area contributed by atoms with Crippen LogP contribution in [-0.4, -0.2) is 48.1 Å². The van der Waals surface area contributed by atoms with Crippen LogP contribution in [0.5, 0.6) is 0 Å². The van der Waals surface area contributed by atoms with Crippen LogP contribution >= 0.6 is 0 Å². The van der Waals surface area contributed by atoms with E-state index < -0.39 is 23.4 Å². The molecular weight excluding hydrogens is 543 g/mol. The van der Waals surface area contributed by atoms with E-state index in [2.05, 4.69) is 27.5 Å². The van der Waals surface area contributed by atoms with Gasteiger partial charge in [-0.25, -0.2) is 27.8 Å². The van der Waals surface area contributed by atoms with E-state index in [4.69, 9.17) is 4.98 Å². The zero-order valence-electron chi connectivity index (χ0n) is 23.4. The first-order chi connectivity index (χ1) is 20.1. The van der Waals surface area contributed by atoms with Crippen molar-refractivity contribution in [2.75, 3.05) is 42.7 Å². The number of likely N-dealkylation sites (N-methyl/N-ethyl adjacent to an activating group) is 1. The van der Waals surface area contributed by atoms with Gasteiger partial charge in [-0.2, -0.15) is 4.98 Å². The van der Waals surface area contributed by atoms with Gasteiger partial charge < -0.3 is 20.9 Å². The number of hydrogen-bond donors (Lipinski definition) is 3. The molecule has 1 aromatic heterocycles. The van der Waals surface area contributed by atoms with E-state index in [0.717, 1.165) is 28.2 Å². The summed E-state index contributed by atoms with van der Waals surface area (Å²) in [6.07, 6.45) is 0. The van der Waals surface area contributed by atoms with Crippen LogP contribution in [0.2, 0.25) is 0 Å². The lowest BCUT2D eigenvalue weighted by Crippen LogP contribution is -2.43. The molecule has 0 aliphatic carbocycles. The number of halogens is 3. The van der Waals surface area contributed by atoms with Crippen molar-refractivity contribution in [2.24, 2.45) is 0 Å². The average molecular weight is 574 g/mol. The van der Waals surface area contributed by atoms with Crippen LogP contribution in [0.4, 0.5) is 41.1 Å². The Kier molecular flexibility index (Phi) is 8.12. The molecule has 0 atom stereocenters. The highest BCUT2D eigenvalue weighted by Crippen LogP contribution is 2.39. The fourth-order valence-electron chi connectivity index (χ4n) is 4.61. The number of nitrogens with zero attached hydrogens (tertiary/aromatic N) is 4. The van der Waals surface area contributed by atoms with Gasteiger partial charge in [-0.15, -0.1) is 0 Å². The Labute approximate surface area is 241 Å². The topological polar surface area (TPSA) is 85.4 Å². The van der Waals surface area contributed by atoms with E-state index in [0.29, 0.717) is 41.3 Å². The number of benzene rings is 3. The molecule has 3 aromatic carbocycles. The summed E-state index contributed by atoms with van der Waals surface area (Å²) in [4.78, 5) is 25.4. The first kappa shape index (κ1) is 28.6. The van der Waals surface area contributed by atoms with Crippen molar-refractivity contribution in [2.45, 2.75) is 13.5 Å². The predicted octanol–water partition coefficient (Wildman–Crippen LogP) is 6.29. The highest BCUT2D eigenvalue weighted by Gasteiger charge is 2.34. The molecule has 2 amide bonds. The standard InChI is InChI=1S/C31H30F3N7O/c1-18-8-9-20(19(2)37-22-12-10-21(32)11-13-22)16-23(18)27-24-17-36-31(42)41(28-25(33)6-5-7-26(28)34)29(24)39-30(38-27)35-14-15-40(3)4/h5-13,16,37H,2,14-15,17H2,1,3-4H3,(H,36,42)(H,35,38,39). The van der Waals surface area contributed by atoms with Gasteiger partial charge in [0, 0.05) is 35.6 Å². The lowest BCUT2D eigenvalue weighted by molar-refractivity contribution is 0.246. The number of hydrogen-bond acceptors (Lipinski definition) is 6. The van der Waals surface area contributed by atoms with Crippen molar-refractivity contribution in [1.82, 2.24) is 20.2 Å². The third-order valence-electron chi connectivity index (χ3n) is 6.80. The lowest BCUT2D eigenvalue weighted by atomic mass is 9.97. The summed E-state index contributed by atoms with van der Waals surface area (Å²) in [5.74, 6) is -1.87. The Bertz CT molecular complexity index is 1640. The molecule has 1 aliphatic heterocycles. The summed E-state index contributed by atoms with van der Waals surface area (Å²) >= 11 is 0. The van der Waals surface area contributed by atoms with E-state index in [9.17, 15) is 18.0 Å². The fraction of sp³-hybridized carbons (Fsp3) is 0.194. The second-order valence-electron chi connectivity index (χ2n) is 10.1. The minimum atomic E-state index is -0.901. The van der Waals surface area contributed by atoms with Crippen molar-refractivity contribution in [1.29, 1.82) is 0 Å². The van der Waals surface area contributed by atoms with Gasteiger partial charge in [0.05, 0.1) is 12.2 Å². The monoisotopic (exact) mass is 573 g/mol. The van der Waals surface area contributed by atoms with Gasteiger partial charge in [-0.05, 0) is 74.6 Å². The van der Waals surface area contributed by atoms with Gasteiger partial charge in [0.15, 0.2) is 5.82 Å². The molecule has 0 spiro atoms. The lowest BCUT2D eigenvalue weighted by Gasteiger charge is -2.31. The van der Waals surface area contributed by atoms with Crippen LogP contribution in [0.3, 0.4) is 0 Å². The highest BCUT2D eigenvalue weighted by atomic mass is 19.1. The van der Waals surface area contributed by atoms with Crippen LogP contribution in [0, 0.1) is 24.4 Å². The molecule has 11 heteroatoms. The number of aryl methyl sites for hydroxylation is 1. The Morgan fingerprint density at radius 1 is 1.05 bits per heavy atom. The maximum Gasteiger partial charge on any atom is 0.328 e. The number of para-hydroxylation sites is 1. The molecule has 0 bridgehead atoms. The molecule has 5 rings (SSSR count). The van der Waals surface area contributed by atoms with Crippen molar-refractivity contribution >= 4 is 34.9 Å². The molecule has 0 unspecified atom stereocenters. The SMILES string of the molecule is C=C(Nc1ccc(F)cc1)c1ccc(C)c(-c2nc(NCCN(C)C)nc3c2CNC(=O)N3c2c(F)cccc2F)c1. The molecule has 2 heterocycles. The zero-order chi connectivity index (χ0) is 30.0. The number of anilines is 4. The Balaban J connectivity index is 1.63. The first-order valence-electron chi connectivity index (χ1n) is 13.3. The van der Waals surface area contributed by atoms with E-state index in [1.54, 1.807) is 12.1 Å². The van der Waals surface area contributed by atoms with Gasteiger partial charge in [-0.1, -0.05) is 24.8 Å². The molecule has 216 valence electrons. The average Bonchev–Trinajstić information content (AvgIpc) is 2.95. The third kappa shape index (κ3) is 5.91. The van der Waals surface area contributed by atoms with Crippen LogP contribution in [0.25, 0.3) is 17.0 Å². The maximum absolute atomic E-state index is 15.0. The number of carbonyl (C=O) groups is 1. The van der Waals surface area contributed by atoms with E-state index in [-0.39, 0.29) is 24.1 Å². The van der Waals surface area contributed by atoms with Crippen molar-refractivity contribution in [3.05, 3.63) is 101 Å². The molecule has 42 heavy (non-hydrogen) atoms. The molecule has 1 aliphatic rings.